The topological polar surface area (TPSA) is 6.48 Å². The first kappa shape index (κ1) is 59.9. The van der Waals surface area contributed by atoms with Crippen LogP contribution in [0.15, 0.2) is 376 Å². The highest BCUT2D eigenvalue weighted by atomic mass is 15.1. The van der Waals surface area contributed by atoms with Crippen LogP contribution in [0.2, 0.25) is 0 Å². The minimum absolute atomic E-state index is 0.325. The molecule has 0 N–H and O–H groups in total. The Balaban J connectivity index is 0.658. The molecule has 0 radical (unpaired) electrons. The lowest BCUT2D eigenvalue weighted by Crippen LogP contribution is -2.17. The van der Waals surface area contributed by atoms with Crippen molar-refractivity contribution in [2.24, 2.45) is 0 Å². The molecule has 0 aliphatic heterocycles. The molecule has 20 rings (SSSR count). The lowest BCUT2D eigenvalue weighted by atomic mass is 9.81. The number of nitrogens with zero attached hydrogens (tertiary/aromatic N) is 2. The van der Waals surface area contributed by atoms with Gasteiger partial charge in [-0.05, 0) is 239 Å². The summed E-state index contributed by atoms with van der Waals surface area (Å²) in [6.07, 6.45) is 0. The molecule has 2 nitrogen and oxygen atoms in total. The highest BCUT2D eigenvalue weighted by Crippen LogP contribution is 2.57. The van der Waals surface area contributed by atoms with E-state index in [2.05, 4.69) is 400 Å². The summed E-state index contributed by atoms with van der Waals surface area (Å²) in [4.78, 5) is 4.89. The van der Waals surface area contributed by atoms with Gasteiger partial charge < -0.3 is 9.80 Å². The third-order valence-corrected chi connectivity index (χ3v) is 22.2. The van der Waals surface area contributed by atoms with Crippen molar-refractivity contribution in [3.05, 3.63) is 387 Å². The van der Waals surface area contributed by atoms with Crippen LogP contribution in [-0.2, 0) is 5.41 Å². The predicted molar refractivity (Wildman–Crippen MR) is 435 cm³/mol. The van der Waals surface area contributed by atoms with E-state index in [1.54, 1.807) is 0 Å². The Bertz CT molecular complexity index is 6120. The van der Waals surface area contributed by atoms with E-state index in [1.807, 2.05) is 0 Å². The highest BCUT2D eigenvalue weighted by molar-refractivity contribution is 6.18. The van der Waals surface area contributed by atoms with Crippen LogP contribution in [0.1, 0.15) is 25.0 Å². The average Bonchev–Trinajstić information content (AvgIpc) is 1.55. The van der Waals surface area contributed by atoms with Crippen molar-refractivity contribution in [1.82, 2.24) is 0 Å². The summed E-state index contributed by atoms with van der Waals surface area (Å²) < 4.78 is 0. The van der Waals surface area contributed by atoms with Gasteiger partial charge in [0, 0.05) is 39.4 Å². The molecule has 0 heterocycles. The highest BCUT2D eigenvalue weighted by Gasteiger charge is 2.37. The summed E-state index contributed by atoms with van der Waals surface area (Å²) in [5, 5.41) is 5.05. The number of rotatable bonds is 11. The lowest BCUT2D eigenvalue weighted by Gasteiger charge is -2.31. The van der Waals surface area contributed by atoms with Crippen LogP contribution in [0.3, 0.4) is 0 Å². The first-order valence-electron chi connectivity index (χ1n) is 35.9. The van der Waals surface area contributed by atoms with Crippen LogP contribution in [0.5, 0.6) is 0 Å². The number of benzene rings is 17. The maximum atomic E-state index is 2.52. The molecule has 482 valence electrons. The van der Waals surface area contributed by atoms with E-state index in [1.165, 1.54) is 166 Å². The summed E-state index contributed by atoms with van der Waals surface area (Å²) >= 11 is 0. The zero-order valence-electron chi connectivity index (χ0n) is 57.2. The number of anilines is 6. The molecule has 0 aromatic heterocycles. The standard InChI is InChI=1S/C101H68N2/c1-101(2)95-63-74(47-58-85(95)86-59-56-79(64-96(86)101)103(78-52-42-70(43-53-78)67-24-10-5-11-25-67)97-37-19-36-92-91-33-17-27-72-26-16-32-88(98(72)91)83-30-14-15-31-90(83)100(92)97)73-46-57-84-89-35-18-34-87-80(60-61-93(99(87)89)81-28-12-13-29-82(81)94(84)62-73)71-44-54-77(55-45-71)102(75-48-38-68(39-49-75)65-20-6-3-7-21-65)76-50-40-69(41-51-76)66-22-8-4-9-23-66/h3-64H,1-2H3. The fourth-order valence-corrected chi connectivity index (χ4v) is 17.2. The van der Waals surface area contributed by atoms with E-state index in [-0.39, 0.29) is 5.41 Å². The molecule has 0 unspecified atom stereocenters. The first-order chi connectivity index (χ1) is 50.8. The number of hydrogen-bond acceptors (Lipinski definition) is 2. The van der Waals surface area contributed by atoms with Crippen molar-refractivity contribution in [3.8, 4) is 134 Å². The SMILES string of the molecule is CC1(C)c2cc(-c3ccc4c(c3)-c3ccccc3-c3ccc(-c5ccc(N(c6ccc(-c7ccccc7)cc6)c6ccc(-c7ccccc7)cc6)cc5)c5cccc-4c35)ccc2-c2ccc(N(c3ccc(-c4ccccc4)cc3)c3cccc4c3-c3ccccc3-c3cccc5cccc-4c35)cc21. The maximum absolute atomic E-state index is 2.52. The molecule has 3 aliphatic rings. The summed E-state index contributed by atoms with van der Waals surface area (Å²) in [6, 6.07) is 140. The van der Waals surface area contributed by atoms with E-state index in [9.17, 15) is 0 Å². The third-order valence-electron chi connectivity index (χ3n) is 22.2. The molecular weight excluding hydrogens is 1240 g/mol. The van der Waals surface area contributed by atoms with E-state index < -0.39 is 0 Å². The van der Waals surface area contributed by atoms with Gasteiger partial charge in [0.05, 0.1) is 5.69 Å². The van der Waals surface area contributed by atoms with Crippen LogP contribution in [0, 0.1) is 0 Å². The summed E-state index contributed by atoms with van der Waals surface area (Å²) in [7, 11) is 0. The zero-order valence-corrected chi connectivity index (χ0v) is 57.2. The summed E-state index contributed by atoms with van der Waals surface area (Å²) in [5.74, 6) is 0. The van der Waals surface area contributed by atoms with Crippen LogP contribution >= 0.6 is 0 Å². The van der Waals surface area contributed by atoms with Gasteiger partial charge in [0.15, 0.2) is 0 Å². The molecular formula is C101H68N2. The normalized spacial score (nSPS) is 12.4. The van der Waals surface area contributed by atoms with E-state index in [0.29, 0.717) is 0 Å². The van der Waals surface area contributed by atoms with Crippen LogP contribution < -0.4 is 9.80 Å². The quantitative estimate of drug-likeness (QED) is 0.127. The van der Waals surface area contributed by atoms with E-state index in [0.717, 1.165) is 34.1 Å². The second-order valence-electron chi connectivity index (χ2n) is 28.2. The van der Waals surface area contributed by atoms with Gasteiger partial charge in [0.25, 0.3) is 0 Å². The number of hydrogen-bond donors (Lipinski definition) is 0. The smallest absolute Gasteiger partial charge is 0.0546 e. The monoisotopic (exact) mass is 1310 g/mol. The van der Waals surface area contributed by atoms with E-state index in [4.69, 9.17) is 0 Å². The van der Waals surface area contributed by atoms with Crippen molar-refractivity contribution in [3.63, 3.8) is 0 Å². The average molecular weight is 1310 g/mol. The van der Waals surface area contributed by atoms with Crippen molar-refractivity contribution in [1.29, 1.82) is 0 Å². The molecule has 103 heavy (non-hydrogen) atoms. The Kier molecular flexibility index (Phi) is 14.0. The Morgan fingerprint density at radius 2 is 0.544 bits per heavy atom. The lowest BCUT2D eigenvalue weighted by molar-refractivity contribution is 0.660. The molecule has 0 spiro atoms. The van der Waals surface area contributed by atoms with Gasteiger partial charge in [-0.15, -0.1) is 0 Å². The largest absolute Gasteiger partial charge is 0.311 e. The fraction of sp³-hybridized carbons (Fsp3) is 0.0297. The van der Waals surface area contributed by atoms with Gasteiger partial charge >= 0.3 is 0 Å². The maximum Gasteiger partial charge on any atom is 0.0546 e. The van der Waals surface area contributed by atoms with Crippen LogP contribution in [-0.4, -0.2) is 0 Å². The second-order valence-corrected chi connectivity index (χ2v) is 28.2. The summed E-state index contributed by atoms with van der Waals surface area (Å²) in [5.41, 5.74) is 38.4. The predicted octanol–water partition coefficient (Wildman–Crippen LogP) is 28.2. The molecule has 0 bridgehead atoms. The molecule has 0 fully saturated rings. The zero-order chi connectivity index (χ0) is 68.3. The van der Waals surface area contributed by atoms with Gasteiger partial charge in [0.1, 0.15) is 0 Å². The Morgan fingerprint density at radius 3 is 1.12 bits per heavy atom. The summed E-state index contributed by atoms with van der Waals surface area (Å²) in [6.45, 7) is 4.85. The molecule has 3 aliphatic carbocycles. The molecule has 0 saturated carbocycles. The van der Waals surface area contributed by atoms with Crippen LogP contribution in [0.25, 0.3) is 155 Å². The van der Waals surface area contributed by atoms with Gasteiger partial charge in [0.2, 0.25) is 0 Å². The molecule has 0 amide bonds. The minimum Gasteiger partial charge on any atom is -0.311 e. The fourth-order valence-electron chi connectivity index (χ4n) is 17.2. The molecule has 2 heteroatoms. The molecule has 0 atom stereocenters. The minimum atomic E-state index is -0.325. The van der Waals surface area contributed by atoms with Gasteiger partial charge in [-0.25, -0.2) is 0 Å². The Labute approximate surface area is 601 Å². The van der Waals surface area contributed by atoms with Crippen molar-refractivity contribution >= 4 is 55.7 Å². The van der Waals surface area contributed by atoms with Crippen LogP contribution in [0.4, 0.5) is 34.1 Å². The van der Waals surface area contributed by atoms with Gasteiger partial charge in [-0.3, -0.25) is 0 Å². The Morgan fingerprint density at radius 1 is 0.194 bits per heavy atom. The van der Waals surface area contributed by atoms with Gasteiger partial charge in [-0.1, -0.05) is 311 Å². The Hall–Kier alpha value is -13.1. The van der Waals surface area contributed by atoms with Crippen molar-refractivity contribution in [2.75, 3.05) is 9.80 Å². The van der Waals surface area contributed by atoms with E-state index >= 15 is 0 Å². The molecule has 17 aromatic carbocycles. The van der Waals surface area contributed by atoms with Gasteiger partial charge in [-0.2, -0.15) is 0 Å². The first-order valence-corrected chi connectivity index (χ1v) is 35.9. The second kappa shape index (κ2) is 24.1. The molecule has 0 saturated heterocycles. The third kappa shape index (κ3) is 9.85. The van der Waals surface area contributed by atoms with Crippen molar-refractivity contribution in [2.45, 2.75) is 19.3 Å². The molecule has 17 aromatic rings. The number of fused-ring (bicyclic) bond motifs is 13. The van der Waals surface area contributed by atoms with Crippen molar-refractivity contribution < 1.29 is 0 Å².